The number of carbonyl (C=O) groups excluding carboxylic acids is 1. The third-order valence-electron chi connectivity index (χ3n) is 10.5. The summed E-state index contributed by atoms with van der Waals surface area (Å²) in [5, 5.41) is 7.81. The van der Waals surface area contributed by atoms with Crippen LogP contribution in [-0.4, -0.2) is 39.2 Å². The van der Waals surface area contributed by atoms with Gasteiger partial charge in [0.1, 0.15) is 20.3 Å². The Kier molecular flexibility index (Phi) is 8.13. The lowest BCUT2D eigenvalue weighted by molar-refractivity contribution is -0.129. The smallest absolute Gasteiger partial charge is 0.270 e. The molecule has 1 aromatic heterocycles. The van der Waals surface area contributed by atoms with Gasteiger partial charge in [0.25, 0.3) is 5.91 Å². The van der Waals surface area contributed by atoms with Gasteiger partial charge in [-0.1, -0.05) is 97.1 Å². The number of fused-ring (bicyclic) bond motifs is 3. The second-order valence-corrected chi connectivity index (χ2v) is 15.5. The number of amides is 1. The minimum atomic E-state index is -3.81. The number of nitrogens with one attached hydrogen (secondary N) is 3. The molecule has 3 aliphatic rings. The maximum Gasteiger partial charge on any atom is 0.270 e. The molecular weight excluding hydrogens is 647 g/mol. The number of benzene rings is 4. The molecule has 2 aliphatic carbocycles. The van der Waals surface area contributed by atoms with Gasteiger partial charge in [0.2, 0.25) is 11.5 Å². The summed E-state index contributed by atoms with van der Waals surface area (Å²) in [5.74, 6) is 0.0731. The molecule has 0 fully saturated rings. The van der Waals surface area contributed by atoms with E-state index in [9.17, 15) is 13.8 Å². The molecule has 256 valence electrons. The molecule has 5 aromatic rings. The lowest BCUT2D eigenvalue weighted by Crippen LogP contribution is -2.47. The number of carbonyl (C=O) groups is 1. The molecule has 50 heavy (non-hydrogen) atoms. The Morgan fingerprint density at radius 1 is 0.980 bits per heavy atom. The van der Waals surface area contributed by atoms with E-state index in [0.717, 1.165) is 54.5 Å². The lowest BCUT2D eigenvalue weighted by Gasteiger charge is -2.37. The predicted octanol–water partition coefficient (Wildman–Crippen LogP) is 6.74. The summed E-state index contributed by atoms with van der Waals surface area (Å²) < 4.78 is 41.2. The summed E-state index contributed by atoms with van der Waals surface area (Å²) >= 11 is 0. The number of nitrogens with zero attached hydrogens (tertiary/aromatic N) is 2. The van der Waals surface area contributed by atoms with Crippen molar-refractivity contribution in [2.24, 2.45) is 0 Å². The maximum absolute atomic E-state index is 14.9. The van der Waals surface area contributed by atoms with E-state index in [1.54, 1.807) is 18.7 Å². The summed E-state index contributed by atoms with van der Waals surface area (Å²) in [6, 6.07) is 31.5. The summed E-state index contributed by atoms with van der Waals surface area (Å²) in [6.07, 6.45) is 6.36. The third kappa shape index (κ3) is 5.33. The fraction of sp³-hybridized carbons (Fsp3) is 0.300. The molecule has 3 N–H and O–H groups in total. The Hall–Kier alpha value is -4.77. The fourth-order valence-electron chi connectivity index (χ4n) is 8.16. The van der Waals surface area contributed by atoms with E-state index in [-0.39, 0.29) is 29.1 Å². The monoisotopic (exact) mass is 687 g/mol. The SMILES string of the molecule is COC[C@H]1CCc2cc3c(c(NC(=O)C4(C)Cn5ncc(S(=N)(=O)NC(c6ccccc6)(c6ccccc6)c6ccccc6)c5O4)c21)CCC3. The zero-order valence-electron chi connectivity index (χ0n) is 28.3. The summed E-state index contributed by atoms with van der Waals surface area (Å²) in [5.41, 5.74) is 5.84. The molecule has 10 heteroatoms. The van der Waals surface area contributed by atoms with Gasteiger partial charge in [-0.25, -0.2) is 18.4 Å². The second kappa shape index (κ2) is 12.5. The number of anilines is 1. The number of aromatic nitrogens is 2. The maximum atomic E-state index is 14.9. The van der Waals surface area contributed by atoms with Crippen LogP contribution in [0.1, 0.15) is 64.6 Å². The van der Waals surface area contributed by atoms with Gasteiger partial charge in [0, 0.05) is 18.7 Å². The first-order valence-corrected chi connectivity index (χ1v) is 18.8. The van der Waals surface area contributed by atoms with Gasteiger partial charge in [-0.3, -0.25) is 4.79 Å². The lowest BCUT2D eigenvalue weighted by atomic mass is 9.78. The van der Waals surface area contributed by atoms with Gasteiger partial charge < -0.3 is 14.8 Å². The van der Waals surface area contributed by atoms with Crippen LogP contribution in [0.5, 0.6) is 5.88 Å². The van der Waals surface area contributed by atoms with E-state index in [2.05, 4.69) is 21.2 Å². The van der Waals surface area contributed by atoms with E-state index < -0.39 is 21.1 Å². The van der Waals surface area contributed by atoms with Crippen molar-refractivity contribution >= 4 is 21.5 Å². The molecule has 0 bridgehead atoms. The number of hydrogen-bond acceptors (Lipinski definition) is 6. The highest BCUT2D eigenvalue weighted by molar-refractivity contribution is 7.90. The largest absolute Gasteiger partial charge is 0.458 e. The molecule has 3 atom stereocenters. The van der Waals surface area contributed by atoms with Crippen LogP contribution in [0, 0.1) is 4.78 Å². The van der Waals surface area contributed by atoms with E-state index in [1.165, 1.54) is 28.5 Å². The van der Waals surface area contributed by atoms with Crippen molar-refractivity contribution in [2.45, 2.75) is 67.5 Å². The molecule has 0 saturated carbocycles. The van der Waals surface area contributed by atoms with Crippen molar-refractivity contribution in [2.75, 3.05) is 19.0 Å². The Bertz CT molecular complexity index is 2070. The number of hydrogen-bond donors (Lipinski definition) is 3. The minimum Gasteiger partial charge on any atom is -0.458 e. The van der Waals surface area contributed by atoms with Crippen molar-refractivity contribution in [1.29, 1.82) is 4.78 Å². The summed E-state index contributed by atoms with van der Waals surface area (Å²) in [4.78, 5) is 14.4. The highest BCUT2D eigenvalue weighted by Crippen LogP contribution is 2.46. The van der Waals surface area contributed by atoms with Crippen molar-refractivity contribution < 1.29 is 18.5 Å². The molecule has 9 nitrogen and oxygen atoms in total. The fourth-order valence-corrected chi connectivity index (χ4v) is 9.64. The van der Waals surface area contributed by atoms with Gasteiger partial charge in [-0.2, -0.15) is 5.10 Å². The van der Waals surface area contributed by atoms with E-state index in [1.807, 2.05) is 91.0 Å². The number of methoxy groups -OCH3 is 1. The third-order valence-corrected chi connectivity index (χ3v) is 12.0. The van der Waals surface area contributed by atoms with Gasteiger partial charge >= 0.3 is 0 Å². The van der Waals surface area contributed by atoms with Crippen LogP contribution < -0.4 is 14.8 Å². The molecule has 4 aromatic carbocycles. The zero-order chi connectivity index (χ0) is 34.5. The Labute approximate surface area is 293 Å². The van der Waals surface area contributed by atoms with Gasteiger partial charge in [0.15, 0.2) is 0 Å². The molecule has 0 radical (unpaired) electrons. The van der Waals surface area contributed by atoms with Gasteiger partial charge in [0.05, 0.1) is 19.3 Å². The van der Waals surface area contributed by atoms with Crippen LogP contribution in [0.3, 0.4) is 0 Å². The van der Waals surface area contributed by atoms with Crippen LogP contribution in [0.15, 0.2) is 108 Å². The van der Waals surface area contributed by atoms with E-state index in [4.69, 9.17) is 9.47 Å². The average molecular weight is 688 g/mol. The number of aryl methyl sites for hydroxylation is 2. The topological polar surface area (TPSA) is 118 Å². The first-order valence-electron chi connectivity index (χ1n) is 17.2. The highest BCUT2D eigenvalue weighted by atomic mass is 32.2. The van der Waals surface area contributed by atoms with E-state index in [0.29, 0.717) is 6.61 Å². The molecule has 2 heterocycles. The normalized spacial score (nSPS) is 20.4. The van der Waals surface area contributed by atoms with Crippen LogP contribution in [-0.2, 0) is 50.8 Å². The first kappa shape index (κ1) is 32.4. The standard InChI is InChI=1S/C40H41N5O4S/c1-39(38(46)43-36-33-20-12-13-27(33)23-28-21-22-29(25-48-2)35(28)36)26-45-37(49-39)34(24-42-45)50(41,47)44-40(30-14-6-3-7-15-30,31-16-8-4-9-17-31)32-18-10-5-11-19-32/h3-11,14-19,23-24,29H,12-13,20-22,25-26H2,1-2H3,(H,43,46)(H2,41,44,47)/t29-,39?,50?/m1/s1. The highest BCUT2D eigenvalue weighted by Gasteiger charge is 2.48. The van der Waals surface area contributed by atoms with Crippen LogP contribution in [0.2, 0.25) is 0 Å². The summed E-state index contributed by atoms with van der Waals surface area (Å²) in [7, 11) is -2.09. The molecule has 1 amide bonds. The van der Waals surface area contributed by atoms with Crippen molar-refractivity contribution in [1.82, 2.24) is 14.5 Å². The molecule has 2 unspecified atom stereocenters. The Balaban J connectivity index is 1.14. The molecule has 8 rings (SSSR count). The first-order chi connectivity index (χ1) is 24.2. The van der Waals surface area contributed by atoms with Gasteiger partial charge in [-0.15, -0.1) is 0 Å². The van der Waals surface area contributed by atoms with Crippen molar-refractivity contribution in [3.8, 4) is 5.88 Å². The van der Waals surface area contributed by atoms with Crippen molar-refractivity contribution in [3.05, 3.63) is 142 Å². The average Bonchev–Trinajstić information content (AvgIpc) is 3.93. The van der Waals surface area contributed by atoms with Crippen LogP contribution in [0.25, 0.3) is 0 Å². The minimum absolute atomic E-state index is 0.0860. The number of rotatable bonds is 10. The molecule has 0 spiro atoms. The van der Waals surface area contributed by atoms with Gasteiger partial charge in [-0.05, 0) is 78.0 Å². The second-order valence-electron chi connectivity index (χ2n) is 13.8. The van der Waals surface area contributed by atoms with E-state index >= 15 is 0 Å². The number of ether oxygens (including phenoxy) is 2. The molecular formula is C40H41N5O4S. The van der Waals surface area contributed by atoms with Crippen LogP contribution >= 0.6 is 0 Å². The van der Waals surface area contributed by atoms with Crippen LogP contribution in [0.4, 0.5) is 5.69 Å². The quantitative estimate of drug-likeness (QED) is 0.141. The van der Waals surface area contributed by atoms with Crippen molar-refractivity contribution in [3.63, 3.8) is 0 Å². The molecule has 1 aliphatic heterocycles. The summed E-state index contributed by atoms with van der Waals surface area (Å²) in [6.45, 7) is 2.45. The Morgan fingerprint density at radius 3 is 2.20 bits per heavy atom. The predicted molar refractivity (Wildman–Crippen MR) is 193 cm³/mol. The Morgan fingerprint density at radius 2 is 1.60 bits per heavy atom. The zero-order valence-corrected chi connectivity index (χ0v) is 29.1. The molecule has 0 saturated heterocycles.